The topological polar surface area (TPSA) is 34.1 Å². The lowest BCUT2D eigenvalue weighted by Crippen LogP contribution is -2.13. The molecule has 0 spiro atoms. The smallest absolute Gasteiger partial charge is 0.299 e. The summed E-state index contributed by atoms with van der Waals surface area (Å²) in [6.45, 7) is 0. The highest BCUT2D eigenvalue weighted by Gasteiger charge is 2.36. The molecular weight excluding hydrogens is 317 g/mol. The first-order valence-corrected chi connectivity index (χ1v) is 7.03. The van der Waals surface area contributed by atoms with Crippen LogP contribution in [0.5, 0.6) is 0 Å². The number of rotatable bonds is 5. The van der Waals surface area contributed by atoms with E-state index in [0.29, 0.717) is 12.4 Å². The van der Waals surface area contributed by atoms with Crippen LogP contribution in [0.2, 0.25) is 0 Å². The van der Waals surface area contributed by atoms with Gasteiger partial charge in [-0.2, -0.15) is 13.2 Å². The number of hydrogen-bond acceptors (Lipinski definition) is 2. The zero-order valence-corrected chi connectivity index (χ0v) is 12.5. The number of aldehydes is 1. The molecule has 24 heavy (non-hydrogen) atoms. The van der Waals surface area contributed by atoms with Crippen LogP contribution in [0, 0.1) is 0 Å². The van der Waals surface area contributed by atoms with Crippen molar-refractivity contribution in [1.29, 1.82) is 0 Å². The summed E-state index contributed by atoms with van der Waals surface area (Å²) in [6.07, 6.45) is -1.28. The molecule has 0 aliphatic heterocycles. The Hall–Kier alpha value is -2.95. The molecule has 0 unspecified atom stereocenters. The third kappa shape index (κ3) is 4.29. The number of alkyl halides is 3. The van der Waals surface area contributed by atoms with Crippen molar-refractivity contribution in [2.75, 3.05) is 0 Å². The Morgan fingerprint density at radius 3 is 2.17 bits per heavy atom. The third-order valence-corrected chi connectivity index (χ3v) is 3.24. The number of benzene rings is 2. The van der Waals surface area contributed by atoms with Gasteiger partial charge in [-0.05, 0) is 23.3 Å². The van der Waals surface area contributed by atoms with Crippen LogP contribution in [0.3, 0.4) is 0 Å². The largest absolute Gasteiger partial charge is 0.417 e. The molecule has 0 atom stereocenters. The number of hydrogen-bond donors (Lipinski definition) is 0. The standard InChI is InChI=1S/C19H13F3O2/c20-19(21,22)17(13-18(24)15-8-2-1-3-9-15)16-11-5-4-7-14(16)10-6-12-23/h1-13H/b10-6+,17-13+. The van der Waals surface area contributed by atoms with Crippen LogP contribution in [0.4, 0.5) is 13.2 Å². The molecule has 0 saturated carbocycles. The summed E-state index contributed by atoms with van der Waals surface area (Å²) >= 11 is 0. The summed E-state index contributed by atoms with van der Waals surface area (Å²) in [5.41, 5.74) is -0.843. The average molecular weight is 330 g/mol. The van der Waals surface area contributed by atoms with Crippen LogP contribution < -0.4 is 0 Å². The molecule has 0 aliphatic carbocycles. The van der Waals surface area contributed by atoms with Gasteiger partial charge in [-0.15, -0.1) is 0 Å². The van der Waals surface area contributed by atoms with Gasteiger partial charge in [-0.25, -0.2) is 0 Å². The molecule has 0 radical (unpaired) electrons. The van der Waals surface area contributed by atoms with Gasteiger partial charge >= 0.3 is 6.18 Å². The predicted molar refractivity (Wildman–Crippen MR) is 86.3 cm³/mol. The first kappa shape index (κ1) is 17.4. The van der Waals surface area contributed by atoms with Gasteiger partial charge in [0.1, 0.15) is 6.29 Å². The van der Waals surface area contributed by atoms with Gasteiger partial charge in [0.05, 0.1) is 5.57 Å². The maximum absolute atomic E-state index is 13.5. The quantitative estimate of drug-likeness (QED) is 0.451. The molecule has 0 aliphatic rings. The van der Waals surface area contributed by atoms with Crippen molar-refractivity contribution in [3.05, 3.63) is 83.4 Å². The van der Waals surface area contributed by atoms with E-state index in [9.17, 15) is 22.8 Å². The SMILES string of the molecule is O=C/C=C/c1ccccc1/C(=C\C(=O)c1ccccc1)C(F)(F)F. The van der Waals surface area contributed by atoms with Gasteiger partial charge in [-0.1, -0.05) is 60.7 Å². The molecular formula is C19H13F3O2. The van der Waals surface area contributed by atoms with E-state index in [0.717, 1.165) is 6.08 Å². The van der Waals surface area contributed by atoms with E-state index in [1.54, 1.807) is 24.3 Å². The summed E-state index contributed by atoms with van der Waals surface area (Å²) < 4.78 is 40.4. The van der Waals surface area contributed by atoms with Crippen molar-refractivity contribution in [3.8, 4) is 0 Å². The van der Waals surface area contributed by atoms with Crippen molar-refractivity contribution in [2.24, 2.45) is 0 Å². The average Bonchev–Trinajstić information content (AvgIpc) is 2.58. The maximum Gasteiger partial charge on any atom is 0.417 e. The molecule has 2 aromatic carbocycles. The third-order valence-electron chi connectivity index (χ3n) is 3.24. The molecule has 5 heteroatoms. The Labute approximate surface area is 136 Å². The predicted octanol–water partition coefficient (Wildman–Crippen LogP) is 4.73. The monoisotopic (exact) mass is 330 g/mol. The van der Waals surface area contributed by atoms with Crippen molar-refractivity contribution in [3.63, 3.8) is 0 Å². The molecule has 0 amide bonds. The van der Waals surface area contributed by atoms with E-state index >= 15 is 0 Å². The van der Waals surface area contributed by atoms with Crippen LogP contribution in [0.1, 0.15) is 21.5 Å². The van der Waals surface area contributed by atoms with Crippen molar-refractivity contribution in [2.45, 2.75) is 6.18 Å². The lowest BCUT2D eigenvalue weighted by Gasteiger charge is -2.14. The number of halogens is 3. The molecule has 0 aromatic heterocycles. The molecule has 0 bridgehead atoms. The van der Waals surface area contributed by atoms with Gasteiger partial charge < -0.3 is 0 Å². The van der Waals surface area contributed by atoms with Crippen LogP contribution in [0.15, 0.2) is 66.7 Å². The van der Waals surface area contributed by atoms with Crippen LogP contribution >= 0.6 is 0 Å². The molecule has 2 aromatic rings. The van der Waals surface area contributed by atoms with E-state index in [-0.39, 0.29) is 16.7 Å². The normalized spacial score (nSPS) is 12.4. The number of allylic oxidation sites excluding steroid dienone is 3. The second-order valence-corrected chi connectivity index (χ2v) is 4.87. The Kier molecular flexibility index (Phi) is 5.47. The number of carbonyl (C=O) groups is 2. The lowest BCUT2D eigenvalue weighted by molar-refractivity contribution is -0.104. The number of carbonyl (C=O) groups excluding carboxylic acids is 2. The van der Waals surface area contributed by atoms with Crippen molar-refractivity contribution in [1.82, 2.24) is 0 Å². The molecule has 122 valence electrons. The highest BCUT2D eigenvalue weighted by atomic mass is 19.4. The minimum atomic E-state index is -4.71. The van der Waals surface area contributed by atoms with Gasteiger partial charge in [-0.3, -0.25) is 9.59 Å². The lowest BCUT2D eigenvalue weighted by atomic mass is 9.96. The van der Waals surface area contributed by atoms with Gasteiger partial charge in [0.15, 0.2) is 5.78 Å². The zero-order valence-electron chi connectivity index (χ0n) is 12.5. The summed E-state index contributed by atoms with van der Waals surface area (Å²) in [5, 5.41) is 0. The van der Waals surface area contributed by atoms with E-state index < -0.39 is 17.5 Å². The van der Waals surface area contributed by atoms with Gasteiger partial charge in [0, 0.05) is 5.56 Å². The highest BCUT2D eigenvalue weighted by molar-refractivity contribution is 6.09. The highest BCUT2D eigenvalue weighted by Crippen LogP contribution is 2.36. The first-order valence-electron chi connectivity index (χ1n) is 7.03. The molecule has 2 nitrogen and oxygen atoms in total. The molecule has 0 saturated heterocycles. The minimum Gasteiger partial charge on any atom is -0.299 e. The Morgan fingerprint density at radius 1 is 0.917 bits per heavy atom. The molecule has 0 heterocycles. The molecule has 0 fully saturated rings. The Morgan fingerprint density at radius 2 is 1.54 bits per heavy atom. The fourth-order valence-electron chi connectivity index (χ4n) is 2.16. The summed E-state index contributed by atoms with van der Waals surface area (Å²) in [5.74, 6) is -0.739. The maximum atomic E-state index is 13.5. The second kappa shape index (κ2) is 7.55. The zero-order chi connectivity index (χ0) is 17.6. The summed E-state index contributed by atoms with van der Waals surface area (Å²) in [7, 11) is 0. The van der Waals surface area contributed by atoms with Crippen LogP contribution in [0.25, 0.3) is 11.6 Å². The fourth-order valence-corrected chi connectivity index (χ4v) is 2.16. The minimum absolute atomic E-state index is 0.160. The molecule has 0 N–H and O–H groups in total. The fraction of sp³-hybridized carbons (Fsp3) is 0.0526. The van der Waals surface area contributed by atoms with E-state index in [1.165, 1.54) is 36.4 Å². The van der Waals surface area contributed by atoms with Crippen molar-refractivity contribution >= 4 is 23.7 Å². The summed E-state index contributed by atoms with van der Waals surface area (Å²) in [4.78, 5) is 22.6. The molecule has 2 rings (SSSR count). The first-order chi connectivity index (χ1) is 11.4. The Bertz CT molecular complexity index is 788. The van der Waals surface area contributed by atoms with Gasteiger partial charge in [0.2, 0.25) is 0 Å². The van der Waals surface area contributed by atoms with E-state index in [2.05, 4.69) is 0 Å². The van der Waals surface area contributed by atoms with Crippen LogP contribution in [-0.2, 0) is 4.79 Å². The second-order valence-electron chi connectivity index (χ2n) is 4.87. The Balaban J connectivity index is 2.55. The van der Waals surface area contributed by atoms with E-state index in [1.807, 2.05) is 0 Å². The van der Waals surface area contributed by atoms with E-state index in [4.69, 9.17) is 0 Å². The van der Waals surface area contributed by atoms with Crippen LogP contribution in [-0.4, -0.2) is 18.2 Å². The number of ketones is 1. The van der Waals surface area contributed by atoms with Crippen molar-refractivity contribution < 1.29 is 22.8 Å². The van der Waals surface area contributed by atoms with Gasteiger partial charge in [0.25, 0.3) is 0 Å². The summed E-state index contributed by atoms with van der Waals surface area (Å²) in [6, 6.07) is 13.4.